The summed E-state index contributed by atoms with van der Waals surface area (Å²) in [7, 11) is 0. The first kappa shape index (κ1) is 19.1. The van der Waals surface area contributed by atoms with Crippen molar-refractivity contribution in [3.63, 3.8) is 0 Å². The van der Waals surface area contributed by atoms with Crippen LogP contribution in [0.2, 0.25) is 0 Å². The quantitative estimate of drug-likeness (QED) is 0.697. The van der Waals surface area contributed by atoms with Gasteiger partial charge in [-0.05, 0) is 55.2 Å². The van der Waals surface area contributed by atoms with E-state index in [1.165, 1.54) is 25.0 Å². The fraction of sp³-hybridized carbons (Fsp3) is 0.261. The number of amides is 1. The summed E-state index contributed by atoms with van der Waals surface area (Å²) >= 11 is 0. The minimum absolute atomic E-state index is 0.0119. The van der Waals surface area contributed by atoms with Gasteiger partial charge in [0, 0.05) is 24.3 Å². The van der Waals surface area contributed by atoms with Crippen molar-refractivity contribution in [3.8, 4) is 11.3 Å². The monoisotopic (exact) mass is 390 g/mol. The molecule has 2 heterocycles. The van der Waals surface area contributed by atoms with E-state index in [9.17, 15) is 9.18 Å². The smallest absolute Gasteiger partial charge is 0.258 e. The molecular formula is C23H23FN4O. The summed E-state index contributed by atoms with van der Waals surface area (Å²) in [6.07, 6.45) is 2.35. The predicted molar refractivity (Wildman–Crippen MR) is 112 cm³/mol. The van der Waals surface area contributed by atoms with Crippen molar-refractivity contribution in [3.05, 3.63) is 72.0 Å². The van der Waals surface area contributed by atoms with Crippen molar-refractivity contribution in [2.24, 2.45) is 5.92 Å². The Morgan fingerprint density at radius 3 is 2.55 bits per heavy atom. The fourth-order valence-corrected chi connectivity index (χ4v) is 3.49. The maximum Gasteiger partial charge on any atom is 0.258 e. The molecule has 0 aliphatic carbocycles. The van der Waals surface area contributed by atoms with Gasteiger partial charge >= 0.3 is 0 Å². The Bertz CT molecular complexity index is 998. The Balaban J connectivity index is 1.48. The molecule has 3 aromatic rings. The molecule has 1 saturated heterocycles. The van der Waals surface area contributed by atoms with Gasteiger partial charge in [-0.25, -0.2) is 4.39 Å². The predicted octanol–water partition coefficient (Wildman–Crippen LogP) is 4.77. The van der Waals surface area contributed by atoms with Gasteiger partial charge in [-0.2, -0.15) is 0 Å². The van der Waals surface area contributed by atoms with Crippen LogP contribution >= 0.6 is 0 Å². The lowest BCUT2D eigenvalue weighted by molar-refractivity contribution is 0.102. The standard InChI is InChI=1S/C23H23FN4O/c1-16-11-13-28(14-12-16)22-10-9-21(26-27-22)17-5-4-6-18(15-17)25-23(29)19-7-2-3-8-20(19)24/h2-10,15-16H,11-14H2,1H3,(H,25,29). The zero-order valence-electron chi connectivity index (χ0n) is 16.3. The summed E-state index contributed by atoms with van der Waals surface area (Å²) in [4.78, 5) is 14.6. The molecule has 0 radical (unpaired) electrons. The van der Waals surface area contributed by atoms with E-state index < -0.39 is 11.7 Å². The molecule has 1 N–H and O–H groups in total. The largest absolute Gasteiger partial charge is 0.355 e. The van der Waals surface area contributed by atoms with Gasteiger partial charge in [0.15, 0.2) is 5.82 Å². The molecule has 0 atom stereocenters. The third kappa shape index (κ3) is 4.42. The van der Waals surface area contributed by atoms with Crippen LogP contribution in [0, 0.1) is 11.7 Å². The third-order valence-corrected chi connectivity index (χ3v) is 5.29. The van der Waals surface area contributed by atoms with Crippen LogP contribution in [0.3, 0.4) is 0 Å². The number of piperidine rings is 1. The van der Waals surface area contributed by atoms with Gasteiger partial charge in [-0.1, -0.05) is 31.2 Å². The number of nitrogens with zero attached hydrogens (tertiary/aromatic N) is 3. The zero-order valence-corrected chi connectivity index (χ0v) is 16.3. The topological polar surface area (TPSA) is 58.1 Å². The van der Waals surface area contributed by atoms with E-state index in [2.05, 4.69) is 27.3 Å². The normalized spacial score (nSPS) is 14.6. The van der Waals surface area contributed by atoms with Gasteiger partial charge in [-0.15, -0.1) is 10.2 Å². The molecule has 5 nitrogen and oxygen atoms in total. The summed E-state index contributed by atoms with van der Waals surface area (Å²) in [6, 6.07) is 17.2. The van der Waals surface area contributed by atoms with E-state index in [1.807, 2.05) is 30.3 Å². The molecule has 1 fully saturated rings. The highest BCUT2D eigenvalue weighted by Gasteiger charge is 2.17. The lowest BCUT2D eigenvalue weighted by Gasteiger charge is -2.30. The van der Waals surface area contributed by atoms with E-state index in [-0.39, 0.29) is 5.56 Å². The maximum absolute atomic E-state index is 13.8. The average molecular weight is 390 g/mol. The number of hydrogen-bond donors (Lipinski definition) is 1. The number of halogens is 1. The maximum atomic E-state index is 13.8. The Morgan fingerprint density at radius 2 is 1.83 bits per heavy atom. The minimum atomic E-state index is -0.547. The van der Waals surface area contributed by atoms with Crippen LogP contribution in [0.25, 0.3) is 11.3 Å². The first-order chi connectivity index (χ1) is 14.1. The molecule has 1 aliphatic rings. The molecular weight excluding hydrogens is 367 g/mol. The molecule has 0 unspecified atom stereocenters. The van der Waals surface area contributed by atoms with Crippen LogP contribution in [0.1, 0.15) is 30.1 Å². The van der Waals surface area contributed by atoms with Crippen molar-refractivity contribution in [1.82, 2.24) is 10.2 Å². The summed E-state index contributed by atoms with van der Waals surface area (Å²) in [5, 5.41) is 11.5. The number of aromatic nitrogens is 2. The highest BCUT2D eigenvalue weighted by molar-refractivity contribution is 6.04. The molecule has 6 heteroatoms. The molecule has 1 amide bonds. The lowest BCUT2D eigenvalue weighted by atomic mass is 9.99. The van der Waals surface area contributed by atoms with Crippen molar-refractivity contribution < 1.29 is 9.18 Å². The number of carbonyl (C=O) groups is 1. The molecule has 148 valence electrons. The molecule has 0 saturated carbocycles. The summed E-state index contributed by atoms with van der Waals surface area (Å²) in [5.74, 6) is 0.626. The van der Waals surface area contributed by atoms with Crippen LogP contribution in [0.5, 0.6) is 0 Å². The molecule has 2 aromatic carbocycles. The molecule has 0 spiro atoms. The molecule has 1 aromatic heterocycles. The Labute approximate surface area is 169 Å². The number of rotatable bonds is 4. The van der Waals surface area contributed by atoms with E-state index in [0.29, 0.717) is 5.69 Å². The van der Waals surface area contributed by atoms with Gasteiger partial charge in [0.2, 0.25) is 0 Å². The lowest BCUT2D eigenvalue weighted by Crippen LogP contribution is -2.33. The summed E-state index contributed by atoms with van der Waals surface area (Å²) in [6.45, 7) is 4.30. The second kappa shape index (κ2) is 8.39. The van der Waals surface area contributed by atoms with Gasteiger partial charge < -0.3 is 10.2 Å². The van der Waals surface area contributed by atoms with E-state index in [4.69, 9.17) is 0 Å². The number of carbonyl (C=O) groups excluding carboxylic acids is 1. The van der Waals surface area contributed by atoms with Crippen molar-refractivity contribution in [2.45, 2.75) is 19.8 Å². The molecule has 1 aliphatic heterocycles. The molecule has 0 bridgehead atoms. The Morgan fingerprint density at radius 1 is 1.03 bits per heavy atom. The fourth-order valence-electron chi connectivity index (χ4n) is 3.49. The number of nitrogens with one attached hydrogen (secondary N) is 1. The first-order valence-electron chi connectivity index (χ1n) is 9.85. The minimum Gasteiger partial charge on any atom is -0.355 e. The third-order valence-electron chi connectivity index (χ3n) is 5.29. The zero-order chi connectivity index (χ0) is 20.2. The first-order valence-corrected chi connectivity index (χ1v) is 9.85. The van der Waals surface area contributed by atoms with Crippen molar-refractivity contribution >= 4 is 17.4 Å². The van der Waals surface area contributed by atoms with Gasteiger partial charge in [0.25, 0.3) is 5.91 Å². The number of benzene rings is 2. The SMILES string of the molecule is CC1CCN(c2ccc(-c3cccc(NC(=O)c4ccccc4F)c3)nn2)CC1. The highest BCUT2D eigenvalue weighted by atomic mass is 19.1. The summed E-state index contributed by atoms with van der Waals surface area (Å²) < 4.78 is 13.8. The van der Waals surface area contributed by atoms with Crippen LogP contribution < -0.4 is 10.2 Å². The second-order valence-corrected chi connectivity index (χ2v) is 7.46. The van der Waals surface area contributed by atoms with Crippen molar-refractivity contribution in [1.29, 1.82) is 0 Å². The van der Waals surface area contributed by atoms with E-state index in [1.54, 1.807) is 18.2 Å². The van der Waals surface area contributed by atoms with Crippen LogP contribution in [0.4, 0.5) is 15.9 Å². The Kier molecular flexibility index (Phi) is 5.51. The van der Waals surface area contributed by atoms with E-state index >= 15 is 0 Å². The average Bonchev–Trinajstić information content (AvgIpc) is 2.75. The highest BCUT2D eigenvalue weighted by Crippen LogP contribution is 2.24. The van der Waals surface area contributed by atoms with Crippen LogP contribution in [0.15, 0.2) is 60.7 Å². The number of anilines is 2. The molecule has 29 heavy (non-hydrogen) atoms. The van der Waals surface area contributed by atoms with Gasteiger partial charge in [-0.3, -0.25) is 4.79 Å². The van der Waals surface area contributed by atoms with Crippen molar-refractivity contribution in [2.75, 3.05) is 23.3 Å². The summed E-state index contributed by atoms with van der Waals surface area (Å²) in [5.41, 5.74) is 2.15. The van der Waals surface area contributed by atoms with Gasteiger partial charge in [0.1, 0.15) is 5.82 Å². The van der Waals surface area contributed by atoms with E-state index in [0.717, 1.165) is 36.1 Å². The second-order valence-electron chi connectivity index (χ2n) is 7.46. The van der Waals surface area contributed by atoms with Crippen LogP contribution in [-0.2, 0) is 0 Å². The molecule has 4 rings (SSSR count). The number of hydrogen-bond acceptors (Lipinski definition) is 4. The Hall–Kier alpha value is -3.28. The van der Waals surface area contributed by atoms with Crippen LogP contribution in [-0.4, -0.2) is 29.2 Å². The van der Waals surface area contributed by atoms with Gasteiger partial charge in [0.05, 0.1) is 11.3 Å².